The fourth-order valence-electron chi connectivity index (χ4n) is 3.52. The molecule has 1 atom stereocenters. The molecule has 1 aromatic carbocycles. The summed E-state index contributed by atoms with van der Waals surface area (Å²) in [5, 5.41) is 3.36. The second-order valence-corrected chi connectivity index (χ2v) is 6.90. The van der Waals surface area contributed by atoms with Gasteiger partial charge in [-0.2, -0.15) is 0 Å². The number of halogens is 1. The second kappa shape index (κ2) is 9.78. The van der Waals surface area contributed by atoms with Gasteiger partial charge in [0.15, 0.2) is 6.61 Å². The van der Waals surface area contributed by atoms with Crippen LogP contribution in [0.25, 0.3) is 0 Å². The van der Waals surface area contributed by atoms with Crippen molar-refractivity contribution in [2.75, 3.05) is 39.3 Å². The van der Waals surface area contributed by atoms with Crippen LogP contribution in [0.5, 0.6) is 5.75 Å². The number of likely N-dealkylation sites (tertiary alicyclic amines) is 1. The lowest BCUT2D eigenvalue weighted by atomic mass is 9.94. The first-order valence-corrected chi connectivity index (χ1v) is 9.11. The predicted molar refractivity (Wildman–Crippen MR) is 103 cm³/mol. The Morgan fingerprint density at radius 1 is 1.12 bits per heavy atom. The van der Waals surface area contributed by atoms with Crippen LogP contribution in [0.2, 0.25) is 0 Å². The average Bonchev–Trinajstić information content (AvgIpc) is 2.66. The minimum Gasteiger partial charge on any atom is -0.484 e. The smallest absolute Gasteiger partial charge is 0.260 e. The highest BCUT2D eigenvalue weighted by Gasteiger charge is 2.31. The Morgan fingerprint density at radius 2 is 1.81 bits per heavy atom. The van der Waals surface area contributed by atoms with E-state index in [0.29, 0.717) is 24.9 Å². The Bertz CT molecular complexity index is 591. The number of piperidine rings is 1. The van der Waals surface area contributed by atoms with E-state index >= 15 is 0 Å². The molecule has 0 saturated carbocycles. The van der Waals surface area contributed by atoms with Gasteiger partial charge in [-0.25, -0.2) is 0 Å². The van der Waals surface area contributed by atoms with Crippen molar-refractivity contribution in [3.8, 4) is 5.75 Å². The number of ether oxygens (including phenoxy) is 1. The van der Waals surface area contributed by atoms with Gasteiger partial charge in [-0.05, 0) is 31.9 Å². The molecule has 1 aromatic rings. The maximum Gasteiger partial charge on any atom is 0.260 e. The number of benzene rings is 1. The zero-order valence-corrected chi connectivity index (χ0v) is 16.0. The van der Waals surface area contributed by atoms with E-state index in [2.05, 4.69) is 12.2 Å². The first kappa shape index (κ1) is 20.5. The quantitative estimate of drug-likeness (QED) is 0.859. The van der Waals surface area contributed by atoms with Crippen molar-refractivity contribution in [2.45, 2.75) is 25.8 Å². The van der Waals surface area contributed by atoms with Crippen LogP contribution in [0.15, 0.2) is 30.3 Å². The Hall–Kier alpha value is -1.79. The van der Waals surface area contributed by atoms with Crippen LogP contribution in [0.4, 0.5) is 0 Å². The van der Waals surface area contributed by atoms with Crippen molar-refractivity contribution in [3.05, 3.63) is 30.3 Å². The van der Waals surface area contributed by atoms with E-state index in [4.69, 9.17) is 4.74 Å². The molecule has 2 amide bonds. The third kappa shape index (κ3) is 5.35. The van der Waals surface area contributed by atoms with E-state index in [0.717, 1.165) is 32.5 Å². The third-order valence-corrected chi connectivity index (χ3v) is 4.98. The Balaban J connectivity index is 0.00000243. The van der Waals surface area contributed by atoms with Gasteiger partial charge in [0.25, 0.3) is 5.91 Å². The van der Waals surface area contributed by atoms with Crippen molar-refractivity contribution in [1.29, 1.82) is 0 Å². The van der Waals surface area contributed by atoms with Crippen molar-refractivity contribution >= 4 is 24.2 Å². The number of nitrogens with zero attached hydrogens (tertiary/aromatic N) is 2. The lowest BCUT2D eigenvalue weighted by Gasteiger charge is -2.37. The molecule has 0 bridgehead atoms. The molecule has 2 aliphatic rings. The first-order valence-electron chi connectivity index (χ1n) is 9.11. The molecule has 0 radical (unpaired) electrons. The molecule has 2 heterocycles. The molecule has 6 nitrogen and oxygen atoms in total. The number of para-hydroxylation sites is 1. The number of carbonyl (C=O) groups excluding carboxylic acids is 2. The van der Waals surface area contributed by atoms with Crippen LogP contribution in [0.1, 0.15) is 19.8 Å². The molecule has 2 saturated heterocycles. The Kier molecular flexibility index (Phi) is 7.72. The molecule has 144 valence electrons. The summed E-state index contributed by atoms with van der Waals surface area (Å²) in [6.07, 6.45) is 1.49. The lowest BCUT2D eigenvalue weighted by Crippen LogP contribution is -2.54. The standard InChI is InChI=1S/C19H27N3O3.ClH/c1-15-13-22(12-9-20-15)19(24)16-7-10-21(11-8-16)18(23)14-25-17-5-3-2-4-6-17;/h2-6,15-16,20H,7-14H2,1H3;1H. The van der Waals surface area contributed by atoms with Gasteiger partial charge in [0.1, 0.15) is 5.75 Å². The summed E-state index contributed by atoms with van der Waals surface area (Å²) in [4.78, 5) is 28.7. The number of rotatable bonds is 4. The molecule has 0 aliphatic carbocycles. The van der Waals surface area contributed by atoms with Crippen LogP contribution in [0, 0.1) is 5.92 Å². The minimum atomic E-state index is -0.00875. The zero-order chi connectivity index (χ0) is 17.6. The first-order chi connectivity index (χ1) is 12.1. The number of hydrogen-bond acceptors (Lipinski definition) is 4. The molecule has 1 N–H and O–H groups in total. The zero-order valence-electron chi connectivity index (χ0n) is 15.2. The molecule has 2 fully saturated rings. The van der Waals surface area contributed by atoms with Crippen LogP contribution in [-0.4, -0.2) is 67.0 Å². The number of piperazine rings is 1. The van der Waals surface area contributed by atoms with Crippen LogP contribution in [0.3, 0.4) is 0 Å². The summed E-state index contributed by atoms with van der Waals surface area (Å²) >= 11 is 0. The van der Waals surface area contributed by atoms with Gasteiger partial charge in [-0.1, -0.05) is 18.2 Å². The third-order valence-electron chi connectivity index (χ3n) is 4.98. The summed E-state index contributed by atoms with van der Waals surface area (Å²) in [6.45, 7) is 5.85. The highest BCUT2D eigenvalue weighted by atomic mass is 35.5. The number of carbonyl (C=O) groups is 2. The maximum atomic E-state index is 12.7. The number of amides is 2. The summed E-state index contributed by atoms with van der Waals surface area (Å²) in [5.41, 5.74) is 0. The van der Waals surface area contributed by atoms with Gasteiger partial charge >= 0.3 is 0 Å². The van der Waals surface area contributed by atoms with Gasteiger partial charge in [0.05, 0.1) is 0 Å². The van der Waals surface area contributed by atoms with Crippen molar-refractivity contribution in [3.63, 3.8) is 0 Å². The van der Waals surface area contributed by atoms with Crippen LogP contribution < -0.4 is 10.1 Å². The van der Waals surface area contributed by atoms with Crippen LogP contribution in [-0.2, 0) is 9.59 Å². The normalized spacial score (nSPS) is 21.0. The van der Waals surface area contributed by atoms with Gasteiger partial charge in [0, 0.05) is 44.7 Å². The molecular formula is C19H28ClN3O3. The van der Waals surface area contributed by atoms with E-state index in [9.17, 15) is 9.59 Å². The summed E-state index contributed by atoms with van der Waals surface area (Å²) < 4.78 is 5.53. The maximum absolute atomic E-state index is 12.7. The number of nitrogens with one attached hydrogen (secondary N) is 1. The minimum absolute atomic E-state index is 0. The van der Waals surface area contributed by atoms with Gasteiger partial charge in [-0.15, -0.1) is 12.4 Å². The summed E-state index contributed by atoms with van der Waals surface area (Å²) in [6, 6.07) is 9.71. The monoisotopic (exact) mass is 381 g/mol. The van der Waals surface area contributed by atoms with Gasteiger partial charge in [-0.3, -0.25) is 9.59 Å². The van der Waals surface area contributed by atoms with E-state index in [-0.39, 0.29) is 36.7 Å². The second-order valence-electron chi connectivity index (χ2n) is 6.90. The molecule has 3 rings (SSSR count). The highest BCUT2D eigenvalue weighted by Crippen LogP contribution is 2.21. The summed E-state index contributed by atoms with van der Waals surface area (Å²) in [5.74, 6) is 0.990. The van der Waals surface area contributed by atoms with Crippen molar-refractivity contribution < 1.29 is 14.3 Å². The predicted octanol–water partition coefficient (Wildman–Crippen LogP) is 1.55. The summed E-state index contributed by atoms with van der Waals surface area (Å²) in [7, 11) is 0. The van der Waals surface area contributed by atoms with Gasteiger partial charge in [0.2, 0.25) is 5.91 Å². The Morgan fingerprint density at radius 3 is 2.46 bits per heavy atom. The molecule has 0 spiro atoms. The fourth-order valence-corrected chi connectivity index (χ4v) is 3.52. The molecule has 0 aromatic heterocycles. The highest BCUT2D eigenvalue weighted by molar-refractivity contribution is 5.85. The molecule has 26 heavy (non-hydrogen) atoms. The SMILES string of the molecule is CC1CN(C(=O)C2CCN(C(=O)COc3ccccc3)CC2)CCN1.Cl. The molecule has 1 unspecified atom stereocenters. The number of hydrogen-bond donors (Lipinski definition) is 1. The average molecular weight is 382 g/mol. The van der Waals surface area contributed by atoms with E-state index in [1.807, 2.05) is 40.1 Å². The topological polar surface area (TPSA) is 61.9 Å². The van der Waals surface area contributed by atoms with Crippen molar-refractivity contribution in [1.82, 2.24) is 15.1 Å². The molecule has 2 aliphatic heterocycles. The van der Waals surface area contributed by atoms with E-state index in [1.165, 1.54) is 0 Å². The van der Waals surface area contributed by atoms with Gasteiger partial charge < -0.3 is 19.9 Å². The van der Waals surface area contributed by atoms with E-state index in [1.54, 1.807) is 0 Å². The largest absolute Gasteiger partial charge is 0.484 e. The molecule has 7 heteroatoms. The van der Waals surface area contributed by atoms with E-state index < -0.39 is 0 Å². The fraction of sp³-hybridized carbons (Fsp3) is 0.579. The van der Waals surface area contributed by atoms with Crippen LogP contribution >= 0.6 is 12.4 Å². The lowest BCUT2D eigenvalue weighted by molar-refractivity contribution is -0.142. The Labute approximate surface area is 161 Å². The van der Waals surface area contributed by atoms with Crippen molar-refractivity contribution in [2.24, 2.45) is 5.92 Å². The molecular weight excluding hydrogens is 354 g/mol.